The van der Waals surface area contributed by atoms with Crippen LogP contribution in [0.4, 0.5) is 10.6 Å². The second-order valence-corrected chi connectivity index (χ2v) is 7.94. The van der Waals surface area contributed by atoms with E-state index in [2.05, 4.69) is 15.6 Å². The Bertz CT molecular complexity index is 1190. The fourth-order valence-electron chi connectivity index (χ4n) is 3.98. The molecule has 0 atom stereocenters. The number of benzene rings is 1. The summed E-state index contributed by atoms with van der Waals surface area (Å²) in [6.45, 7) is 4.37. The van der Waals surface area contributed by atoms with Crippen molar-refractivity contribution in [2.75, 3.05) is 38.2 Å². The van der Waals surface area contributed by atoms with E-state index in [9.17, 15) is 14.4 Å². The normalized spacial score (nSPS) is 13.1. The molecule has 4 amide bonds. The van der Waals surface area contributed by atoms with Crippen LogP contribution in [0.25, 0.3) is 5.65 Å². The molecule has 3 heterocycles. The summed E-state index contributed by atoms with van der Waals surface area (Å²) in [5.74, 6) is 1.12. The summed E-state index contributed by atoms with van der Waals surface area (Å²) >= 11 is 0. The first-order chi connectivity index (χ1) is 16.5. The maximum absolute atomic E-state index is 12.8. The molecule has 4 rings (SSSR count). The van der Waals surface area contributed by atoms with Crippen molar-refractivity contribution in [2.45, 2.75) is 19.9 Å². The van der Waals surface area contributed by atoms with Gasteiger partial charge >= 0.3 is 6.03 Å². The molecule has 1 aliphatic rings. The molecule has 178 valence electrons. The van der Waals surface area contributed by atoms with Gasteiger partial charge in [-0.15, -0.1) is 0 Å². The fraction of sp³-hybridized carbons (Fsp3) is 0.333. The summed E-state index contributed by atoms with van der Waals surface area (Å²) in [6, 6.07) is 10.9. The summed E-state index contributed by atoms with van der Waals surface area (Å²) < 4.78 is 6.98. The lowest BCUT2D eigenvalue weighted by atomic mass is 10.2. The number of aromatic nitrogens is 2. The van der Waals surface area contributed by atoms with Gasteiger partial charge in [0, 0.05) is 32.4 Å². The molecule has 1 aromatic carbocycles. The first kappa shape index (κ1) is 23.1. The number of hydrogen-bond acceptors (Lipinski definition) is 5. The summed E-state index contributed by atoms with van der Waals surface area (Å²) in [5, 5.41) is 5.59. The molecule has 0 aliphatic carbocycles. The molecule has 10 heteroatoms. The number of fused-ring (bicyclic) bond motifs is 1. The SMILES string of the molecule is CCc1nc2ccc(C(=O)NCCN3CCNC3=O)cn2c1N(C=O)Cc1ccc(OC)cc1. The van der Waals surface area contributed by atoms with Gasteiger partial charge in [0.2, 0.25) is 6.41 Å². The predicted octanol–water partition coefficient (Wildman–Crippen LogP) is 1.82. The number of aryl methyl sites for hydroxylation is 1. The number of carbonyl (C=O) groups is 3. The van der Waals surface area contributed by atoms with Crippen molar-refractivity contribution in [1.82, 2.24) is 24.9 Å². The fourth-order valence-corrected chi connectivity index (χ4v) is 3.98. The van der Waals surface area contributed by atoms with Crippen molar-refractivity contribution in [3.8, 4) is 5.75 Å². The first-order valence-electron chi connectivity index (χ1n) is 11.2. The lowest BCUT2D eigenvalue weighted by Crippen LogP contribution is -2.36. The van der Waals surface area contributed by atoms with Gasteiger partial charge in [0.1, 0.15) is 17.2 Å². The van der Waals surface area contributed by atoms with Crippen LogP contribution in [-0.2, 0) is 17.8 Å². The van der Waals surface area contributed by atoms with Crippen LogP contribution in [0.15, 0.2) is 42.6 Å². The number of ether oxygens (including phenoxy) is 1. The highest BCUT2D eigenvalue weighted by Gasteiger charge is 2.21. The van der Waals surface area contributed by atoms with E-state index < -0.39 is 0 Å². The number of pyridine rings is 1. The van der Waals surface area contributed by atoms with Gasteiger partial charge in [-0.25, -0.2) is 9.78 Å². The third-order valence-corrected chi connectivity index (χ3v) is 5.78. The van der Waals surface area contributed by atoms with Crippen molar-refractivity contribution in [1.29, 1.82) is 0 Å². The second-order valence-electron chi connectivity index (χ2n) is 7.94. The van der Waals surface area contributed by atoms with Crippen molar-refractivity contribution < 1.29 is 19.1 Å². The monoisotopic (exact) mass is 464 g/mol. The number of urea groups is 1. The zero-order valence-electron chi connectivity index (χ0n) is 19.3. The topological polar surface area (TPSA) is 108 Å². The zero-order valence-corrected chi connectivity index (χ0v) is 19.3. The van der Waals surface area contributed by atoms with E-state index >= 15 is 0 Å². The molecule has 0 radical (unpaired) electrons. The Morgan fingerprint density at radius 1 is 1.26 bits per heavy atom. The number of amides is 4. The highest BCUT2D eigenvalue weighted by molar-refractivity contribution is 5.94. The maximum atomic E-state index is 12.8. The van der Waals surface area contributed by atoms with Crippen molar-refractivity contribution in [2.24, 2.45) is 0 Å². The minimum absolute atomic E-state index is 0.114. The van der Waals surface area contributed by atoms with E-state index in [1.807, 2.05) is 31.2 Å². The number of hydrogen-bond donors (Lipinski definition) is 2. The van der Waals surface area contributed by atoms with Crippen LogP contribution in [0.1, 0.15) is 28.5 Å². The highest BCUT2D eigenvalue weighted by atomic mass is 16.5. The van der Waals surface area contributed by atoms with Gasteiger partial charge < -0.3 is 20.3 Å². The second kappa shape index (κ2) is 10.2. The van der Waals surface area contributed by atoms with E-state index in [1.165, 1.54) is 0 Å². The third-order valence-electron chi connectivity index (χ3n) is 5.78. The minimum Gasteiger partial charge on any atom is -0.497 e. The Labute approximate surface area is 197 Å². The molecule has 3 aromatic rings. The summed E-state index contributed by atoms with van der Waals surface area (Å²) in [6.07, 6.45) is 3.10. The van der Waals surface area contributed by atoms with Crippen LogP contribution >= 0.6 is 0 Å². The van der Waals surface area contributed by atoms with Gasteiger partial charge in [0.25, 0.3) is 5.91 Å². The number of anilines is 1. The molecule has 2 aromatic heterocycles. The van der Waals surface area contributed by atoms with Crippen LogP contribution in [0, 0.1) is 0 Å². The average molecular weight is 465 g/mol. The standard InChI is InChI=1S/C24H28N6O4/c1-3-20-23(29(16-31)14-17-4-7-19(34-2)8-5-17)30-15-18(6-9-21(30)27-20)22(32)25-10-12-28-13-11-26-24(28)33/h4-9,15-16H,3,10-14H2,1-2H3,(H,25,32)(H,26,33). The Kier molecular flexibility index (Phi) is 6.95. The Balaban J connectivity index is 1.55. The highest BCUT2D eigenvalue weighted by Crippen LogP contribution is 2.25. The van der Waals surface area contributed by atoms with E-state index in [1.54, 1.807) is 39.6 Å². The molecule has 0 bridgehead atoms. The van der Waals surface area contributed by atoms with Crippen molar-refractivity contribution in [3.05, 3.63) is 59.4 Å². The molecule has 10 nitrogen and oxygen atoms in total. The molecule has 0 spiro atoms. The molecular weight excluding hydrogens is 436 g/mol. The first-order valence-corrected chi connectivity index (χ1v) is 11.2. The van der Waals surface area contributed by atoms with Crippen LogP contribution in [-0.4, -0.2) is 65.9 Å². The summed E-state index contributed by atoms with van der Waals surface area (Å²) in [7, 11) is 1.61. The average Bonchev–Trinajstić information content (AvgIpc) is 3.45. The Hall–Kier alpha value is -4.08. The van der Waals surface area contributed by atoms with E-state index in [4.69, 9.17) is 4.74 Å². The van der Waals surface area contributed by atoms with Crippen LogP contribution in [0.3, 0.4) is 0 Å². The van der Waals surface area contributed by atoms with Gasteiger partial charge in [-0.1, -0.05) is 19.1 Å². The van der Waals surface area contributed by atoms with E-state index in [0.717, 1.165) is 23.4 Å². The van der Waals surface area contributed by atoms with Gasteiger partial charge in [-0.3, -0.25) is 18.9 Å². The molecule has 1 aliphatic heterocycles. The molecule has 1 saturated heterocycles. The number of imidazole rings is 1. The molecule has 1 fully saturated rings. The van der Waals surface area contributed by atoms with Crippen LogP contribution in [0.2, 0.25) is 0 Å². The smallest absolute Gasteiger partial charge is 0.317 e. The van der Waals surface area contributed by atoms with Gasteiger partial charge in [-0.2, -0.15) is 0 Å². The summed E-state index contributed by atoms with van der Waals surface area (Å²) in [5.41, 5.74) is 2.79. The van der Waals surface area contributed by atoms with Gasteiger partial charge in [-0.05, 0) is 36.2 Å². The number of methoxy groups -OCH3 is 1. The Morgan fingerprint density at radius 2 is 2.06 bits per heavy atom. The van der Waals surface area contributed by atoms with Crippen LogP contribution < -0.4 is 20.3 Å². The van der Waals surface area contributed by atoms with Gasteiger partial charge in [0.15, 0.2) is 0 Å². The van der Waals surface area contributed by atoms with E-state index in [0.29, 0.717) is 56.2 Å². The molecule has 0 saturated carbocycles. The molecule has 34 heavy (non-hydrogen) atoms. The lowest BCUT2D eigenvalue weighted by Gasteiger charge is -2.19. The predicted molar refractivity (Wildman–Crippen MR) is 127 cm³/mol. The molecule has 0 unspecified atom stereocenters. The lowest BCUT2D eigenvalue weighted by molar-refractivity contribution is -0.107. The number of nitrogens with one attached hydrogen (secondary N) is 2. The minimum atomic E-state index is -0.257. The third kappa shape index (κ3) is 4.80. The number of rotatable bonds is 10. The largest absolute Gasteiger partial charge is 0.497 e. The van der Waals surface area contributed by atoms with Crippen molar-refractivity contribution >= 4 is 29.8 Å². The quantitative estimate of drug-likeness (QED) is 0.445. The zero-order chi connectivity index (χ0) is 24.1. The van der Waals surface area contributed by atoms with Crippen LogP contribution in [0.5, 0.6) is 5.75 Å². The maximum Gasteiger partial charge on any atom is 0.317 e. The van der Waals surface area contributed by atoms with Crippen molar-refractivity contribution in [3.63, 3.8) is 0 Å². The summed E-state index contributed by atoms with van der Waals surface area (Å²) in [4.78, 5) is 44.4. The Morgan fingerprint density at radius 3 is 2.71 bits per heavy atom. The van der Waals surface area contributed by atoms with Gasteiger partial charge in [0.05, 0.1) is 24.9 Å². The molecule has 2 N–H and O–H groups in total. The molecular formula is C24H28N6O4. The van der Waals surface area contributed by atoms with E-state index in [-0.39, 0.29) is 11.9 Å². The number of carbonyl (C=O) groups excluding carboxylic acids is 3. The number of nitrogens with zero attached hydrogens (tertiary/aromatic N) is 4.